The Balaban J connectivity index is 1.86. The van der Waals surface area contributed by atoms with Crippen LogP contribution in [0.2, 0.25) is 0 Å². The van der Waals surface area contributed by atoms with Crippen LogP contribution in [0.15, 0.2) is 0 Å². The SMILES string of the molecule is O=C1CC2(CCN(CCO)C2)N1. The molecule has 0 aromatic rings. The zero-order valence-corrected chi connectivity index (χ0v) is 7.05. The van der Waals surface area contributed by atoms with E-state index in [9.17, 15) is 4.79 Å². The van der Waals surface area contributed by atoms with E-state index >= 15 is 0 Å². The molecule has 0 aromatic heterocycles. The Bertz CT molecular complexity index is 197. The van der Waals surface area contributed by atoms with Crippen LogP contribution in [-0.2, 0) is 4.79 Å². The van der Waals surface area contributed by atoms with E-state index in [0.717, 1.165) is 26.1 Å². The van der Waals surface area contributed by atoms with Crippen molar-refractivity contribution >= 4 is 5.91 Å². The molecule has 4 nitrogen and oxygen atoms in total. The molecule has 2 fully saturated rings. The van der Waals surface area contributed by atoms with E-state index in [1.807, 2.05) is 0 Å². The summed E-state index contributed by atoms with van der Waals surface area (Å²) in [6.45, 7) is 2.86. The lowest BCUT2D eigenvalue weighted by atomic mass is 9.86. The molecule has 1 spiro atoms. The third-order valence-corrected chi connectivity index (χ3v) is 2.75. The quantitative estimate of drug-likeness (QED) is 0.520. The normalized spacial score (nSPS) is 35.2. The van der Waals surface area contributed by atoms with Gasteiger partial charge in [0.15, 0.2) is 0 Å². The molecule has 0 aromatic carbocycles. The van der Waals surface area contributed by atoms with Gasteiger partial charge in [0, 0.05) is 19.6 Å². The number of aliphatic hydroxyl groups is 1. The molecule has 2 aliphatic rings. The van der Waals surface area contributed by atoms with Gasteiger partial charge in [-0.25, -0.2) is 0 Å². The zero-order chi connectivity index (χ0) is 8.60. The van der Waals surface area contributed by atoms with E-state index < -0.39 is 0 Å². The van der Waals surface area contributed by atoms with Crippen LogP contribution in [0.25, 0.3) is 0 Å². The summed E-state index contributed by atoms with van der Waals surface area (Å²) in [5.74, 6) is 0.167. The van der Waals surface area contributed by atoms with Gasteiger partial charge in [0.25, 0.3) is 0 Å². The average Bonchev–Trinajstić information content (AvgIpc) is 2.33. The smallest absolute Gasteiger partial charge is 0.222 e. The molecule has 0 aliphatic carbocycles. The molecule has 2 heterocycles. The minimum atomic E-state index is 0.0756. The first kappa shape index (κ1) is 8.01. The Labute approximate surface area is 71.5 Å². The summed E-state index contributed by atoms with van der Waals surface area (Å²) >= 11 is 0. The third kappa shape index (κ3) is 1.21. The Morgan fingerprint density at radius 2 is 2.42 bits per heavy atom. The number of likely N-dealkylation sites (tertiary alicyclic amines) is 1. The van der Waals surface area contributed by atoms with Gasteiger partial charge >= 0.3 is 0 Å². The van der Waals surface area contributed by atoms with Gasteiger partial charge in [-0.05, 0) is 6.42 Å². The number of carbonyl (C=O) groups is 1. The van der Waals surface area contributed by atoms with E-state index in [2.05, 4.69) is 10.2 Å². The topological polar surface area (TPSA) is 52.6 Å². The van der Waals surface area contributed by atoms with Gasteiger partial charge in [0.05, 0.1) is 18.6 Å². The average molecular weight is 170 g/mol. The first-order valence-electron chi connectivity index (χ1n) is 4.38. The molecule has 1 unspecified atom stereocenters. The molecule has 12 heavy (non-hydrogen) atoms. The number of aliphatic hydroxyl groups excluding tert-OH is 1. The molecule has 0 radical (unpaired) electrons. The molecule has 0 saturated carbocycles. The maximum Gasteiger partial charge on any atom is 0.222 e. The van der Waals surface area contributed by atoms with E-state index in [4.69, 9.17) is 5.11 Å². The van der Waals surface area contributed by atoms with Crippen molar-refractivity contribution in [3.05, 3.63) is 0 Å². The Morgan fingerprint density at radius 3 is 3.00 bits per heavy atom. The highest BCUT2D eigenvalue weighted by atomic mass is 16.3. The van der Waals surface area contributed by atoms with Gasteiger partial charge in [-0.15, -0.1) is 0 Å². The highest BCUT2D eigenvalue weighted by Gasteiger charge is 2.47. The lowest BCUT2D eigenvalue weighted by molar-refractivity contribution is -0.132. The summed E-state index contributed by atoms with van der Waals surface area (Å²) in [6.07, 6.45) is 1.72. The number of nitrogens with zero attached hydrogens (tertiary/aromatic N) is 1. The summed E-state index contributed by atoms with van der Waals surface area (Å²) in [6, 6.07) is 0. The number of rotatable bonds is 2. The fourth-order valence-corrected chi connectivity index (χ4v) is 2.12. The number of hydrogen-bond donors (Lipinski definition) is 2. The third-order valence-electron chi connectivity index (χ3n) is 2.75. The van der Waals surface area contributed by atoms with Crippen molar-refractivity contribution in [2.75, 3.05) is 26.2 Å². The van der Waals surface area contributed by atoms with Crippen molar-refractivity contribution in [2.24, 2.45) is 0 Å². The maximum absolute atomic E-state index is 10.7. The molecule has 2 aliphatic heterocycles. The van der Waals surface area contributed by atoms with Crippen molar-refractivity contribution in [3.63, 3.8) is 0 Å². The fraction of sp³-hybridized carbons (Fsp3) is 0.875. The summed E-state index contributed by atoms with van der Waals surface area (Å²) in [4.78, 5) is 12.9. The summed E-state index contributed by atoms with van der Waals surface area (Å²) < 4.78 is 0. The molecular formula is C8H14N2O2. The molecule has 4 heteroatoms. The molecular weight excluding hydrogens is 156 g/mol. The van der Waals surface area contributed by atoms with E-state index in [0.29, 0.717) is 6.42 Å². The number of carbonyl (C=O) groups excluding carboxylic acids is 1. The van der Waals surface area contributed by atoms with Gasteiger partial charge in [-0.3, -0.25) is 9.69 Å². The van der Waals surface area contributed by atoms with Gasteiger partial charge < -0.3 is 10.4 Å². The molecule has 2 saturated heterocycles. The van der Waals surface area contributed by atoms with Gasteiger partial charge in [0.2, 0.25) is 5.91 Å². The summed E-state index contributed by atoms with van der Waals surface area (Å²) in [5, 5.41) is 11.7. The van der Waals surface area contributed by atoms with E-state index in [-0.39, 0.29) is 18.1 Å². The number of β-lactam (4-membered cyclic amide) rings is 1. The number of nitrogens with one attached hydrogen (secondary N) is 1. The van der Waals surface area contributed by atoms with Crippen LogP contribution < -0.4 is 5.32 Å². The first-order valence-corrected chi connectivity index (χ1v) is 4.38. The van der Waals surface area contributed by atoms with Crippen LogP contribution in [0, 0.1) is 0 Å². The highest BCUT2D eigenvalue weighted by Crippen LogP contribution is 2.30. The Hall–Kier alpha value is -0.610. The predicted molar refractivity (Wildman–Crippen MR) is 43.6 cm³/mol. The molecule has 68 valence electrons. The van der Waals surface area contributed by atoms with E-state index in [1.54, 1.807) is 0 Å². The largest absolute Gasteiger partial charge is 0.395 e. The molecule has 2 N–H and O–H groups in total. The monoisotopic (exact) mass is 170 g/mol. The van der Waals surface area contributed by atoms with Gasteiger partial charge in [-0.2, -0.15) is 0 Å². The number of amides is 1. The van der Waals surface area contributed by atoms with Crippen LogP contribution >= 0.6 is 0 Å². The first-order chi connectivity index (χ1) is 5.74. The number of hydrogen-bond acceptors (Lipinski definition) is 3. The molecule has 0 bridgehead atoms. The van der Waals surface area contributed by atoms with Crippen molar-refractivity contribution < 1.29 is 9.90 Å². The molecule has 1 amide bonds. The predicted octanol–water partition coefficient (Wildman–Crippen LogP) is -1.06. The Kier molecular flexibility index (Phi) is 1.81. The van der Waals surface area contributed by atoms with E-state index in [1.165, 1.54) is 0 Å². The van der Waals surface area contributed by atoms with Crippen molar-refractivity contribution in [2.45, 2.75) is 18.4 Å². The van der Waals surface area contributed by atoms with Gasteiger partial charge in [-0.1, -0.05) is 0 Å². The van der Waals surface area contributed by atoms with Gasteiger partial charge in [0.1, 0.15) is 0 Å². The second kappa shape index (κ2) is 2.71. The standard InChI is InChI=1S/C8H14N2O2/c11-4-3-10-2-1-8(6-10)5-7(12)9-8/h11H,1-6H2,(H,9,12). The van der Waals surface area contributed by atoms with Crippen LogP contribution in [0.1, 0.15) is 12.8 Å². The lowest BCUT2D eigenvalue weighted by Gasteiger charge is -2.38. The van der Waals surface area contributed by atoms with Crippen molar-refractivity contribution in [1.82, 2.24) is 10.2 Å². The molecule has 1 atom stereocenters. The van der Waals surface area contributed by atoms with Crippen LogP contribution in [0.4, 0.5) is 0 Å². The fourth-order valence-electron chi connectivity index (χ4n) is 2.12. The maximum atomic E-state index is 10.7. The highest BCUT2D eigenvalue weighted by molar-refractivity contribution is 5.85. The van der Waals surface area contributed by atoms with Crippen molar-refractivity contribution in [1.29, 1.82) is 0 Å². The minimum absolute atomic E-state index is 0.0756. The van der Waals surface area contributed by atoms with Crippen LogP contribution in [0.3, 0.4) is 0 Å². The summed E-state index contributed by atoms with van der Waals surface area (Å²) in [5.41, 5.74) is 0.0756. The summed E-state index contributed by atoms with van der Waals surface area (Å²) in [7, 11) is 0. The molecule has 2 rings (SSSR count). The Morgan fingerprint density at radius 1 is 1.67 bits per heavy atom. The second-order valence-electron chi connectivity index (χ2n) is 3.76. The minimum Gasteiger partial charge on any atom is -0.395 e. The van der Waals surface area contributed by atoms with Crippen LogP contribution in [-0.4, -0.2) is 47.7 Å². The second-order valence-corrected chi connectivity index (χ2v) is 3.76. The van der Waals surface area contributed by atoms with Crippen LogP contribution in [0.5, 0.6) is 0 Å². The lowest BCUT2D eigenvalue weighted by Crippen LogP contribution is -2.62. The number of β-amino-alcohol motifs (C(OH)–C–C–N with tert-alkyl or cyclic N) is 1. The van der Waals surface area contributed by atoms with Crippen molar-refractivity contribution in [3.8, 4) is 0 Å². The zero-order valence-electron chi connectivity index (χ0n) is 7.05.